The Balaban J connectivity index is 1.99. The van der Waals surface area contributed by atoms with E-state index in [1.807, 2.05) is 12.1 Å². The van der Waals surface area contributed by atoms with Crippen molar-refractivity contribution >= 4 is 26.9 Å². The lowest BCUT2D eigenvalue weighted by Crippen LogP contribution is -2.14. The Labute approximate surface area is 135 Å². The smallest absolute Gasteiger partial charge is 0.261 e. The zero-order chi connectivity index (χ0) is 16.7. The number of rotatable bonds is 3. The molecule has 7 heteroatoms. The van der Waals surface area contributed by atoms with Crippen molar-refractivity contribution in [3.05, 3.63) is 48.2 Å². The Hall–Kier alpha value is -2.41. The molecule has 3 rings (SSSR count). The van der Waals surface area contributed by atoms with E-state index >= 15 is 0 Å². The third kappa shape index (κ3) is 3.05. The van der Waals surface area contributed by atoms with Crippen LogP contribution >= 0.6 is 0 Å². The van der Waals surface area contributed by atoms with Gasteiger partial charge in [-0.05, 0) is 24.3 Å². The van der Waals surface area contributed by atoms with Crippen LogP contribution in [0.2, 0.25) is 0 Å². The number of nitrogens with one attached hydrogen (secondary N) is 2. The lowest BCUT2D eigenvalue weighted by atomic mass is 9.91. The van der Waals surface area contributed by atoms with E-state index in [1.165, 1.54) is 12.1 Å². The van der Waals surface area contributed by atoms with Crippen molar-refractivity contribution in [1.82, 2.24) is 15.2 Å². The highest BCUT2D eigenvalue weighted by Crippen LogP contribution is 2.26. The van der Waals surface area contributed by atoms with Crippen LogP contribution in [0, 0.1) is 0 Å². The molecule has 3 aromatic rings. The van der Waals surface area contributed by atoms with Gasteiger partial charge in [-0.1, -0.05) is 39.0 Å². The van der Waals surface area contributed by atoms with Crippen molar-refractivity contribution < 1.29 is 8.42 Å². The lowest BCUT2D eigenvalue weighted by molar-refractivity contribution is 0.571. The number of anilines is 1. The molecule has 120 valence electrons. The first kappa shape index (κ1) is 15.5. The first-order chi connectivity index (χ1) is 10.8. The fourth-order valence-corrected chi connectivity index (χ4v) is 3.23. The van der Waals surface area contributed by atoms with E-state index in [1.54, 1.807) is 18.2 Å². The minimum Gasteiger partial charge on any atom is -0.261 e. The Kier molecular flexibility index (Phi) is 3.60. The highest BCUT2D eigenvalue weighted by atomic mass is 32.2. The van der Waals surface area contributed by atoms with Gasteiger partial charge in [-0.2, -0.15) is 5.10 Å². The molecule has 0 atom stereocenters. The Morgan fingerprint density at radius 2 is 1.74 bits per heavy atom. The van der Waals surface area contributed by atoms with Crippen LogP contribution in [0.1, 0.15) is 26.5 Å². The predicted octanol–water partition coefficient (Wildman–Crippen LogP) is 3.06. The monoisotopic (exact) mass is 330 g/mol. The second-order valence-corrected chi connectivity index (χ2v) is 8.02. The molecule has 0 amide bonds. The average molecular weight is 330 g/mol. The number of fused-ring (bicyclic) bond motifs is 1. The number of hydrogen-bond donors (Lipinski definition) is 2. The fraction of sp³-hybridized carbons (Fsp3) is 0.250. The van der Waals surface area contributed by atoms with Crippen LogP contribution in [0.3, 0.4) is 0 Å². The Bertz CT molecular complexity index is 941. The van der Waals surface area contributed by atoms with Gasteiger partial charge in [0, 0.05) is 11.1 Å². The molecule has 0 saturated carbocycles. The second-order valence-electron chi connectivity index (χ2n) is 6.33. The second kappa shape index (κ2) is 5.34. The van der Waals surface area contributed by atoms with E-state index in [9.17, 15) is 8.42 Å². The van der Waals surface area contributed by atoms with E-state index in [0.717, 1.165) is 5.69 Å². The maximum atomic E-state index is 12.4. The molecule has 6 nitrogen and oxygen atoms in total. The molecular weight excluding hydrogens is 312 g/mol. The van der Waals surface area contributed by atoms with Gasteiger partial charge in [0.05, 0.1) is 10.3 Å². The van der Waals surface area contributed by atoms with Crippen LogP contribution < -0.4 is 4.72 Å². The van der Waals surface area contributed by atoms with Crippen LogP contribution in [-0.4, -0.2) is 23.6 Å². The summed E-state index contributed by atoms with van der Waals surface area (Å²) in [5.41, 5.74) is 1.37. The minimum atomic E-state index is -3.67. The van der Waals surface area contributed by atoms with Crippen molar-refractivity contribution in [1.29, 1.82) is 0 Å². The molecule has 0 bridgehead atoms. The molecule has 0 saturated heterocycles. The molecule has 2 aromatic heterocycles. The molecule has 1 aromatic carbocycles. The predicted molar refractivity (Wildman–Crippen MR) is 89.8 cm³/mol. The lowest BCUT2D eigenvalue weighted by Gasteiger charge is -2.17. The number of pyridine rings is 1. The third-order valence-electron chi connectivity index (χ3n) is 3.48. The van der Waals surface area contributed by atoms with Gasteiger partial charge in [0.2, 0.25) is 0 Å². The summed E-state index contributed by atoms with van der Waals surface area (Å²) in [7, 11) is -3.67. The Morgan fingerprint density at radius 1 is 1.04 bits per heavy atom. The minimum absolute atomic E-state index is 0.0942. The molecule has 0 aliphatic heterocycles. The van der Waals surface area contributed by atoms with Crippen LogP contribution in [0.5, 0.6) is 0 Å². The van der Waals surface area contributed by atoms with E-state index < -0.39 is 10.0 Å². The third-order valence-corrected chi connectivity index (χ3v) is 4.83. The first-order valence-electron chi connectivity index (χ1n) is 7.21. The van der Waals surface area contributed by atoms with Gasteiger partial charge in [0.1, 0.15) is 0 Å². The van der Waals surface area contributed by atoms with Crippen LogP contribution in [0.25, 0.3) is 11.0 Å². The van der Waals surface area contributed by atoms with Crippen molar-refractivity contribution in [3.63, 3.8) is 0 Å². The number of aromatic nitrogens is 3. The SMILES string of the molecule is CC(C)(C)c1ccc2c(NS(=O)(=O)c3ccccc3)n[nH]c2n1. The molecule has 0 unspecified atom stereocenters. The fourth-order valence-electron chi connectivity index (χ4n) is 2.19. The quantitative estimate of drug-likeness (QED) is 0.772. The Morgan fingerprint density at radius 3 is 2.39 bits per heavy atom. The zero-order valence-electron chi connectivity index (χ0n) is 13.2. The normalized spacial score (nSPS) is 12.5. The molecule has 0 aliphatic carbocycles. The van der Waals surface area contributed by atoms with Crippen molar-refractivity contribution in [2.45, 2.75) is 31.1 Å². The summed E-state index contributed by atoms with van der Waals surface area (Å²) in [6, 6.07) is 11.9. The molecule has 0 radical (unpaired) electrons. The molecular formula is C16H18N4O2S. The van der Waals surface area contributed by atoms with Crippen molar-refractivity contribution in [2.24, 2.45) is 0 Å². The maximum absolute atomic E-state index is 12.4. The van der Waals surface area contributed by atoms with Gasteiger partial charge in [-0.3, -0.25) is 9.82 Å². The van der Waals surface area contributed by atoms with Gasteiger partial charge >= 0.3 is 0 Å². The molecule has 0 fully saturated rings. The topological polar surface area (TPSA) is 87.7 Å². The molecule has 23 heavy (non-hydrogen) atoms. The van der Waals surface area contributed by atoms with Gasteiger partial charge in [-0.25, -0.2) is 13.4 Å². The molecule has 2 heterocycles. The maximum Gasteiger partial charge on any atom is 0.263 e. The molecule has 2 N–H and O–H groups in total. The van der Waals surface area contributed by atoms with E-state index in [-0.39, 0.29) is 16.1 Å². The van der Waals surface area contributed by atoms with Crippen LogP contribution in [0.15, 0.2) is 47.4 Å². The number of hydrogen-bond acceptors (Lipinski definition) is 4. The average Bonchev–Trinajstić information content (AvgIpc) is 2.89. The van der Waals surface area contributed by atoms with Crippen LogP contribution in [0.4, 0.5) is 5.82 Å². The highest BCUT2D eigenvalue weighted by molar-refractivity contribution is 7.92. The summed E-state index contributed by atoms with van der Waals surface area (Å²) in [6.07, 6.45) is 0. The molecule has 0 aliphatic rings. The van der Waals surface area contributed by atoms with Crippen LogP contribution in [-0.2, 0) is 15.4 Å². The van der Waals surface area contributed by atoms with E-state index in [0.29, 0.717) is 11.0 Å². The number of aromatic amines is 1. The van der Waals surface area contributed by atoms with Gasteiger partial charge in [-0.15, -0.1) is 0 Å². The largest absolute Gasteiger partial charge is 0.263 e. The highest BCUT2D eigenvalue weighted by Gasteiger charge is 2.20. The van der Waals surface area contributed by atoms with E-state index in [2.05, 4.69) is 40.7 Å². The number of sulfonamides is 1. The number of nitrogens with zero attached hydrogens (tertiary/aromatic N) is 2. The van der Waals surface area contributed by atoms with Gasteiger partial charge in [0.25, 0.3) is 10.0 Å². The van der Waals surface area contributed by atoms with Crippen molar-refractivity contribution in [3.8, 4) is 0 Å². The van der Waals surface area contributed by atoms with E-state index in [4.69, 9.17) is 0 Å². The zero-order valence-corrected chi connectivity index (χ0v) is 14.0. The summed E-state index contributed by atoms with van der Waals surface area (Å²) in [5, 5.41) is 7.47. The molecule has 0 spiro atoms. The standard InChI is InChI=1S/C16H18N4O2S/c1-16(2,3)13-10-9-12-14(17-13)18-19-15(12)20-23(21,22)11-7-5-4-6-8-11/h4-10H,1-3H3,(H2,17,18,19,20). The van der Waals surface area contributed by atoms with Gasteiger partial charge in [0.15, 0.2) is 11.5 Å². The summed E-state index contributed by atoms with van der Waals surface area (Å²) < 4.78 is 27.3. The number of benzene rings is 1. The number of H-pyrrole nitrogens is 1. The first-order valence-corrected chi connectivity index (χ1v) is 8.69. The summed E-state index contributed by atoms with van der Waals surface area (Å²) >= 11 is 0. The van der Waals surface area contributed by atoms with Crippen molar-refractivity contribution in [2.75, 3.05) is 4.72 Å². The summed E-state index contributed by atoms with van der Waals surface area (Å²) in [6.45, 7) is 6.20. The van der Waals surface area contributed by atoms with Gasteiger partial charge < -0.3 is 0 Å². The summed E-state index contributed by atoms with van der Waals surface area (Å²) in [5.74, 6) is 0.247. The summed E-state index contributed by atoms with van der Waals surface area (Å²) in [4.78, 5) is 4.71.